The normalized spacial score (nSPS) is 12.6. The summed E-state index contributed by atoms with van der Waals surface area (Å²) in [5.74, 6) is 0.184. The SMILES string of the molecule is CSc1ccc(NC(=O)C(S)C(C)C)cc1. The van der Waals surface area contributed by atoms with Gasteiger partial charge < -0.3 is 5.32 Å². The molecule has 0 aliphatic heterocycles. The van der Waals surface area contributed by atoms with E-state index in [1.54, 1.807) is 11.8 Å². The largest absolute Gasteiger partial charge is 0.325 e. The summed E-state index contributed by atoms with van der Waals surface area (Å²) in [5.41, 5.74) is 0.822. The molecular formula is C12H17NOS2. The van der Waals surface area contributed by atoms with Gasteiger partial charge in [0.2, 0.25) is 5.91 Å². The molecule has 88 valence electrons. The minimum atomic E-state index is -0.264. The highest BCUT2D eigenvalue weighted by Gasteiger charge is 2.17. The average molecular weight is 255 g/mol. The van der Waals surface area contributed by atoms with Crippen LogP contribution >= 0.6 is 24.4 Å². The molecule has 16 heavy (non-hydrogen) atoms. The molecule has 0 saturated heterocycles. The van der Waals surface area contributed by atoms with Crippen LogP contribution in [0.15, 0.2) is 29.2 Å². The Bertz CT molecular complexity index is 349. The van der Waals surface area contributed by atoms with Gasteiger partial charge in [0.15, 0.2) is 0 Å². The number of thioether (sulfide) groups is 1. The molecular weight excluding hydrogens is 238 g/mol. The van der Waals surface area contributed by atoms with Crippen LogP contribution in [0.1, 0.15) is 13.8 Å². The van der Waals surface area contributed by atoms with E-state index in [9.17, 15) is 4.79 Å². The highest BCUT2D eigenvalue weighted by Crippen LogP contribution is 2.18. The number of hydrogen-bond donors (Lipinski definition) is 2. The number of nitrogens with one attached hydrogen (secondary N) is 1. The Morgan fingerprint density at radius 3 is 2.31 bits per heavy atom. The van der Waals surface area contributed by atoms with Gasteiger partial charge in [-0.25, -0.2) is 0 Å². The zero-order valence-corrected chi connectivity index (χ0v) is 11.4. The van der Waals surface area contributed by atoms with Crippen molar-refractivity contribution < 1.29 is 4.79 Å². The Morgan fingerprint density at radius 2 is 1.88 bits per heavy atom. The fraction of sp³-hybridized carbons (Fsp3) is 0.417. The van der Waals surface area contributed by atoms with Gasteiger partial charge in [-0.1, -0.05) is 13.8 Å². The number of anilines is 1. The number of amides is 1. The van der Waals surface area contributed by atoms with E-state index in [0.29, 0.717) is 0 Å². The van der Waals surface area contributed by atoms with Crippen LogP contribution in [-0.2, 0) is 4.79 Å². The molecule has 1 aromatic carbocycles. The van der Waals surface area contributed by atoms with Crippen LogP contribution in [0.3, 0.4) is 0 Å². The van der Waals surface area contributed by atoms with Gasteiger partial charge in [-0.3, -0.25) is 4.79 Å². The molecule has 0 aliphatic rings. The summed E-state index contributed by atoms with van der Waals surface area (Å²) in [6.45, 7) is 3.96. The highest BCUT2D eigenvalue weighted by molar-refractivity contribution is 7.98. The molecule has 0 aromatic heterocycles. The lowest BCUT2D eigenvalue weighted by Crippen LogP contribution is -2.27. The maximum absolute atomic E-state index is 11.7. The van der Waals surface area contributed by atoms with E-state index in [4.69, 9.17) is 0 Å². The van der Waals surface area contributed by atoms with Gasteiger partial charge in [0.25, 0.3) is 0 Å². The Labute approximate surface area is 107 Å². The van der Waals surface area contributed by atoms with Crippen molar-refractivity contribution in [2.24, 2.45) is 5.92 Å². The maximum Gasteiger partial charge on any atom is 0.237 e. The first-order chi connectivity index (χ1) is 7.54. The summed E-state index contributed by atoms with van der Waals surface area (Å²) < 4.78 is 0. The topological polar surface area (TPSA) is 29.1 Å². The van der Waals surface area contributed by atoms with Crippen molar-refractivity contribution in [3.8, 4) is 0 Å². The monoisotopic (exact) mass is 255 g/mol. The van der Waals surface area contributed by atoms with Crippen molar-refractivity contribution in [2.75, 3.05) is 11.6 Å². The molecule has 4 heteroatoms. The zero-order valence-electron chi connectivity index (χ0n) is 9.73. The zero-order chi connectivity index (χ0) is 12.1. The first-order valence-electron chi connectivity index (χ1n) is 5.17. The molecule has 0 aliphatic carbocycles. The predicted molar refractivity (Wildman–Crippen MR) is 74.5 cm³/mol. The molecule has 2 nitrogen and oxygen atoms in total. The van der Waals surface area contributed by atoms with Crippen molar-refractivity contribution in [1.29, 1.82) is 0 Å². The van der Waals surface area contributed by atoms with Gasteiger partial charge in [-0.05, 0) is 36.4 Å². The molecule has 1 amide bonds. The number of hydrogen-bond acceptors (Lipinski definition) is 3. The van der Waals surface area contributed by atoms with Crippen LogP contribution < -0.4 is 5.32 Å². The highest BCUT2D eigenvalue weighted by atomic mass is 32.2. The summed E-state index contributed by atoms with van der Waals surface area (Å²) in [6, 6.07) is 7.79. The predicted octanol–water partition coefficient (Wildman–Crippen LogP) is 3.30. The van der Waals surface area contributed by atoms with Gasteiger partial charge in [-0.2, -0.15) is 12.6 Å². The molecule has 0 spiro atoms. The lowest BCUT2D eigenvalue weighted by atomic mass is 10.1. The fourth-order valence-electron chi connectivity index (χ4n) is 1.19. The van der Waals surface area contributed by atoms with E-state index in [0.717, 1.165) is 5.69 Å². The van der Waals surface area contributed by atoms with E-state index in [2.05, 4.69) is 17.9 Å². The van der Waals surface area contributed by atoms with Crippen LogP contribution in [0, 0.1) is 5.92 Å². The first kappa shape index (κ1) is 13.5. The molecule has 0 radical (unpaired) electrons. The summed E-state index contributed by atoms with van der Waals surface area (Å²) in [6.07, 6.45) is 2.02. The van der Waals surface area contributed by atoms with Crippen LogP contribution in [0.5, 0.6) is 0 Å². The molecule has 1 unspecified atom stereocenters. The number of benzene rings is 1. The van der Waals surface area contributed by atoms with Crippen LogP contribution in [-0.4, -0.2) is 17.4 Å². The average Bonchev–Trinajstić information content (AvgIpc) is 2.28. The summed E-state index contributed by atoms with van der Waals surface area (Å²) >= 11 is 5.95. The van der Waals surface area contributed by atoms with Crippen LogP contribution in [0.2, 0.25) is 0 Å². The Balaban J connectivity index is 2.62. The molecule has 0 heterocycles. The van der Waals surface area contributed by atoms with Gasteiger partial charge in [0.1, 0.15) is 0 Å². The second-order valence-corrected chi connectivity index (χ2v) is 5.34. The summed E-state index contributed by atoms with van der Waals surface area (Å²) in [4.78, 5) is 12.9. The van der Waals surface area contributed by atoms with Gasteiger partial charge >= 0.3 is 0 Å². The number of carbonyl (C=O) groups is 1. The Hall–Kier alpha value is -0.610. The summed E-state index contributed by atoms with van der Waals surface area (Å²) in [7, 11) is 0. The Morgan fingerprint density at radius 1 is 1.31 bits per heavy atom. The molecule has 0 saturated carbocycles. The van der Waals surface area contributed by atoms with Crippen LogP contribution in [0.4, 0.5) is 5.69 Å². The number of thiol groups is 1. The third-order valence-electron chi connectivity index (χ3n) is 2.26. The van der Waals surface area contributed by atoms with Crippen molar-refractivity contribution >= 4 is 36.0 Å². The standard InChI is InChI=1S/C12H17NOS2/c1-8(2)11(15)12(14)13-9-4-6-10(16-3)7-5-9/h4-8,11,15H,1-3H3,(H,13,14). The second-order valence-electron chi connectivity index (χ2n) is 3.91. The molecule has 0 fully saturated rings. The number of rotatable bonds is 4. The second kappa shape index (κ2) is 6.21. The van der Waals surface area contributed by atoms with Gasteiger partial charge in [0, 0.05) is 10.6 Å². The van der Waals surface area contributed by atoms with E-state index in [1.807, 2.05) is 44.4 Å². The third kappa shape index (κ3) is 3.76. The maximum atomic E-state index is 11.7. The Kier molecular flexibility index (Phi) is 5.22. The molecule has 0 bridgehead atoms. The van der Waals surface area contributed by atoms with Crippen LogP contribution in [0.25, 0.3) is 0 Å². The lowest BCUT2D eigenvalue weighted by Gasteiger charge is -2.14. The van der Waals surface area contributed by atoms with E-state index in [-0.39, 0.29) is 17.1 Å². The van der Waals surface area contributed by atoms with E-state index in [1.165, 1.54) is 4.90 Å². The van der Waals surface area contributed by atoms with Crippen molar-refractivity contribution in [1.82, 2.24) is 0 Å². The lowest BCUT2D eigenvalue weighted by molar-refractivity contribution is -0.116. The van der Waals surface area contributed by atoms with E-state index >= 15 is 0 Å². The molecule has 1 N–H and O–H groups in total. The molecule has 1 aromatic rings. The van der Waals surface area contributed by atoms with Crippen molar-refractivity contribution in [3.05, 3.63) is 24.3 Å². The van der Waals surface area contributed by atoms with Gasteiger partial charge in [0.05, 0.1) is 5.25 Å². The molecule has 1 atom stereocenters. The first-order valence-corrected chi connectivity index (χ1v) is 6.91. The number of carbonyl (C=O) groups excluding carboxylic acids is 1. The quantitative estimate of drug-likeness (QED) is 0.638. The fourth-order valence-corrected chi connectivity index (χ4v) is 1.67. The van der Waals surface area contributed by atoms with Crippen molar-refractivity contribution in [3.63, 3.8) is 0 Å². The smallest absolute Gasteiger partial charge is 0.237 e. The molecule has 1 rings (SSSR count). The minimum Gasteiger partial charge on any atom is -0.325 e. The summed E-state index contributed by atoms with van der Waals surface area (Å²) in [5, 5.41) is 2.59. The van der Waals surface area contributed by atoms with Crippen molar-refractivity contribution in [2.45, 2.75) is 24.0 Å². The van der Waals surface area contributed by atoms with E-state index < -0.39 is 0 Å². The van der Waals surface area contributed by atoms with Gasteiger partial charge in [-0.15, -0.1) is 11.8 Å². The minimum absolute atomic E-state index is 0.0461. The third-order valence-corrected chi connectivity index (χ3v) is 3.83.